The molecule has 1 saturated carbocycles. The lowest BCUT2D eigenvalue weighted by Crippen LogP contribution is -2.49. The zero-order chi connectivity index (χ0) is 17.1. The summed E-state index contributed by atoms with van der Waals surface area (Å²) >= 11 is 2.19. The standard InChI is InChI=1S/C16H15IN4O3/c17-10-3-1-4-12(9-10)21-8-2-5-13(21)14(22)19-20-16(24)15(23)18-11-6-7-11/h1-5,8-9,11H,6-7H2,(H,18,23)(H,19,22)(H,20,24). The van der Waals surface area contributed by atoms with Crippen molar-refractivity contribution in [2.75, 3.05) is 0 Å². The number of aromatic nitrogens is 1. The molecule has 1 heterocycles. The van der Waals surface area contributed by atoms with E-state index in [0.717, 1.165) is 22.1 Å². The third-order valence-electron chi connectivity index (χ3n) is 3.48. The van der Waals surface area contributed by atoms with Gasteiger partial charge in [0.2, 0.25) is 0 Å². The van der Waals surface area contributed by atoms with Crippen LogP contribution in [0.1, 0.15) is 23.3 Å². The molecule has 1 fully saturated rings. The average molecular weight is 438 g/mol. The van der Waals surface area contributed by atoms with Gasteiger partial charge < -0.3 is 9.88 Å². The second-order valence-corrected chi connectivity index (χ2v) is 6.64. The Morgan fingerprint density at radius 3 is 2.54 bits per heavy atom. The average Bonchev–Trinajstić information content (AvgIpc) is 3.24. The van der Waals surface area contributed by atoms with Crippen LogP contribution in [-0.2, 0) is 9.59 Å². The normalized spacial score (nSPS) is 13.2. The molecule has 0 spiro atoms. The van der Waals surface area contributed by atoms with Gasteiger partial charge in [0, 0.05) is 21.5 Å². The lowest BCUT2D eigenvalue weighted by Gasteiger charge is -2.11. The Labute approximate surface area is 151 Å². The Hall–Kier alpha value is -2.36. The SMILES string of the molecule is O=C(NNC(=O)c1cccn1-c1cccc(I)c1)C(=O)NC1CC1. The lowest BCUT2D eigenvalue weighted by atomic mass is 10.3. The van der Waals surface area contributed by atoms with Gasteiger partial charge in [-0.3, -0.25) is 25.2 Å². The molecule has 7 nitrogen and oxygen atoms in total. The van der Waals surface area contributed by atoms with Crippen molar-refractivity contribution in [1.82, 2.24) is 20.7 Å². The first-order valence-corrected chi connectivity index (χ1v) is 8.47. The molecule has 0 atom stereocenters. The number of benzene rings is 1. The fourth-order valence-electron chi connectivity index (χ4n) is 2.13. The first-order valence-electron chi connectivity index (χ1n) is 7.39. The number of amides is 3. The second-order valence-electron chi connectivity index (χ2n) is 5.40. The molecule has 3 rings (SSSR count). The maximum Gasteiger partial charge on any atom is 0.327 e. The molecule has 0 saturated heterocycles. The van der Waals surface area contributed by atoms with Crippen molar-refractivity contribution in [2.45, 2.75) is 18.9 Å². The third-order valence-corrected chi connectivity index (χ3v) is 4.15. The molecular weight excluding hydrogens is 423 g/mol. The van der Waals surface area contributed by atoms with E-state index in [4.69, 9.17) is 0 Å². The quantitative estimate of drug-likeness (QED) is 0.381. The predicted molar refractivity (Wildman–Crippen MR) is 95.3 cm³/mol. The summed E-state index contributed by atoms with van der Waals surface area (Å²) in [7, 11) is 0. The molecule has 1 aliphatic rings. The molecule has 0 aliphatic heterocycles. The van der Waals surface area contributed by atoms with E-state index in [9.17, 15) is 14.4 Å². The second kappa shape index (κ2) is 7.04. The van der Waals surface area contributed by atoms with Crippen LogP contribution < -0.4 is 16.2 Å². The zero-order valence-corrected chi connectivity index (χ0v) is 14.7. The molecular formula is C16H15IN4O3. The highest BCUT2D eigenvalue weighted by Crippen LogP contribution is 2.18. The maximum atomic E-state index is 12.3. The number of hydrogen-bond acceptors (Lipinski definition) is 3. The third kappa shape index (κ3) is 3.94. The minimum absolute atomic E-state index is 0.0803. The molecule has 0 bridgehead atoms. The fourth-order valence-corrected chi connectivity index (χ4v) is 2.66. The largest absolute Gasteiger partial charge is 0.345 e. The van der Waals surface area contributed by atoms with Gasteiger partial charge in [0.15, 0.2) is 0 Å². The number of nitrogens with one attached hydrogen (secondary N) is 3. The molecule has 3 N–H and O–H groups in total. The van der Waals surface area contributed by atoms with Crippen molar-refractivity contribution >= 4 is 40.3 Å². The van der Waals surface area contributed by atoms with Crippen LogP contribution in [0, 0.1) is 3.57 Å². The lowest BCUT2D eigenvalue weighted by molar-refractivity contribution is -0.139. The van der Waals surface area contributed by atoms with Crippen molar-refractivity contribution < 1.29 is 14.4 Å². The minimum atomic E-state index is -0.886. The van der Waals surface area contributed by atoms with E-state index in [1.165, 1.54) is 0 Å². The Morgan fingerprint density at radius 2 is 1.83 bits per heavy atom. The van der Waals surface area contributed by atoms with Crippen LogP contribution in [0.4, 0.5) is 0 Å². The molecule has 8 heteroatoms. The van der Waals surface area contributed by atoms with Gasteiger partial charge in [-0.2, -0.15) is 0 Å². The van der Waals surface area contributed by atoms with Crippen molar-refractivity contribution in [3.05, 3.63) is 51.9 Å². The zero-order valence-electron chi connectivity index (χ0n) is 12.6. The van der Waals surface area contributed by atoms with Crippen LogP contribution in [0.25, 0.3) is 5.69 Å². The predicted octanol–water partition coefficient (Wildman–Crippen LogP) is 1.12. The molecule has 0 radical (unpaired) electrons. The summed E-state index contributed by atoms with van der Waals surface area (Å²) in [5, 5.41) is 2.55. The van der Waals surface area contributed by atoms with Gasteiger partial charge in [0.1, 0.15) is 5.69 Å². The maximum absolute atomic E-state index is 12.3. The Bertz CT molecular complexity index is 798. The summed E-state index contributed by atoms with van der Waals surface area (Å²) in [6, 6.07) is 11.1. The fraction of sp³-hybridized carbons (Fsp3) is 0.188. The number of halogens is 1. The van der Waals surface area contributed by atoms with Crippen LogP contribution >= 0.6 is 22.6 Å². The van der Waals surface area contributed by atoms with E-state index in [-0.39, 0.29) is 6.04 Å². The summed E-state index contributed by atoms with van der Waals surface area (Å²) in [4.78, 5) is 35.4. The number of carbonyl (C=O) groups excluding carboxylic acids is 3. The summed E-state index contributed by atoms with van der Waals surface area (Å²) < 4.78 is 2.74. The van der Waals surface area contributed by atoms with Crippen molar-refractivity contribution in [1.29, 1.82) is 0 Å². The highest BCUT2D eigenvalue weighted by molar-refractivity contribution is 14.1. The molecule has 1 aromatic heterocycles. The van der Waals surface area contributed by atoms with Crippen molar-refractivity contribution in [3.8, 4) is 5.69 Å². The number of nitrogens with zero attached hydrogens (tertiary/aromatic N) is 1. The number of carbonyl (C=O) groups is 3. The Morgan fingerprint density at radius 1 is 1.04 bits per heavy atom. The summed E-state index contributed by atoms with van der Waals surface area (Å²) in [6.45, 7) is 0. The van der Waals surface area contributed by atoms with E-state index >= 15 is 0 Å². The van der Waals surface area contributed by atoms with Gasteiger partial charge in [-0.1, -0.05) is 6.07 Å². The summed E-state index contributed by atoms with van der Waals surface area (Å²) in [5.41, 5.74) is 5.57. The van der Waals surface area contributed by atoms with Gasteiger partial charge in [-0.25, -0.2) is 0 Å². The van der Waals surface area contributed by atoms with E-state index in [0.29, 0.717) is 5.69 Å². The van der Waals surface area contributed by atoms with E-state index in [1.54, 1.807) is 22.9 Å². The van der Waals surface area contributed by atoms with Crippen LogP contribution in [0.2, 0.25) is 0 Å². The van der Waals surface area contributed by atoms with E-state index in [2.05, 4.69) is 38.8 Å². The van der Waals surface area contributed by atoms with Gasteiger partial charge >= 0.3 is 11.8 Å². The van der Waals surface area contributed by atoms with E-state index in [1.807, 2.05) is 24.3 Å². The van der Waals surface area contributed by atoms with Gasteiger partial charge in [-0.05, 0) is 65.8 Å². The molecule has 3 amide bonds. The van der Waals surface area contributed by atoms with Crippen LogP contribution in [-0.4, -0.2) is 28.3 Å². The van der Waals surface area contributed by atoms with Crippen molar-refractivity contribution in [2.24, 2.45) is 0 Å². The molecule has 1 aromatic carbocycles. The van der Waals surface area contributed by atoms with E-state index < -0.39 is 17.7 Å². The monoisotopic (exact) mass is 438 g/mol. The topological polar surface area (TPSA) is 92.2 Å². The first kappa shape index (κ1) is 16.5. The molecule has 1 aliphatic carbocycles. The first-order chi connectivity index (χ1) is 11.5. The minimum Gasteiger partial charge on any atom is -0.345 e. The van der Waals surface area contributed by atoms with Crippen molar-refractivity contribution in [3.63, 3.8) is 0 Å². The summed E-state index contributed by atoms with van der Waals surface area (Å²) in [5.74, 6) is -2.14. The Kier molecular flexibility index (Phi) is 4.84. The van der Waals surface area contributed by atoms with Gasteiger partial charge in [0.25, 0.3) is 5.91 Å². The number of rotatable bonds is 3. The highest BCUT2D eigenvalue weighted by atomic mass is 127. The molecule has 24 heavy (non-hydrogen) atoms. The number of hydrogen-bond donors (Lipinski definition) is 3. The molecule has 124 valence electrons. The van der Waals surface area contributed by atoms with Crippen LogP contribution in [0.15, 0.2) is 42.6 Å². The number of hydrazine groups is 1. The smallest absolute Gasteiger partial charge is 0.327 e. The molecule has 2 aromatic rings. The molecule has 0 unspecified atom stereocenters. The van der Waals surface area contributed by atoms with Gasteiger partial charge in [-0.15, -0.1) is 0 Å². The highest BCUT2D eigenvalue weighted by Gasteiger charge is 2.26. The Balaban J connectivity index is 1.64. The van der Waals surface area contributed by atoms with Crippen LogP contribution in [0.3, 0.4) is 0 Å². The van der Waals surface area contributed by atoms with Crippen LogP contribution in [0.5, 0.6) is 0 Å². The summed E-state index contributed by atoms with van der Waals surface area (Å²) in [6.07, 6.45) is 3.52. The van der Waals surface area contributed by atoms with Gasteiger partial charge in [0.05, 0.1) is 0 Å².